The van der Waals surface area contributed by atoms with E-state index in [1.165, 1.54) is 12.4 Å². The Labute approximate surface area is 124 Å². The Kier molecular flexibility index (Phi) is 12.6. The van der Waals surface area contributed by atoms with Crippen LogP contribution in [0.4, 0.5) is 5.82 Å². The van der Waals surface area contributed by atoms with Gasteiger partial charge >= 0.3 is 0 Å². The molecule has 7 nitrogen and oxygen atoms in total. The first kappa shape index (κ1) is 20.2. The van der Waals surface area contributed by atoms with Gasteiger partial charge in [0.15, 0.2) is 11.5 Å². The van der Waals surface area contributed by atoms with E-state index in [1.807, 2.05) is 0 Å². The summed E-state index contributed by atoms with van der Waals surface area (Å²) in [5.41, 5.74) is 5.68. The fourth-order valence-corrected chi connectivity index (χ4v) is 1.17. The first-order valence-electron chi connectivity index (χ1n) is 5.30. The number of nitrogen functional groups attached to an aromatic ring is 1. The van der Waals surface area contributed by atoms with Crippen LogP contribution in [0.25, 0.3) is 0 Å². The zero-order valence-electron chi connectivity index (χ0n) is 10.6. The number of nitrogens with zero attached hydrogens (tertiary/aromatic N) is 2. The molecule has 1 rings (SSSR count). The zero-order valence-corrected chi connectivity index (χ0v) is 12.2. The van der Waals surface area contributed by atoms with Crippen molar-refractivity contribution in [3.8, 4) is 0 Å². The van der Waals surface area contributed by atoms with Crippen molar-refractivity contribution in [2.24, 2.45) is 0 Å². The summed E-state index contributed by atoms with van der Waals surface area (Å²) in [6.07, 6.45) is 2.88. The Morgan fingerprint density at radius 2 is 1.95 bits per heavy atom. The molecular weight excluding hydrogens is 293 g/mol. The number of rotatable bonds is 7. The van der Waals surface area contributed by atoms with E-state index in [-0.39, 0.29) is 42.2 Å². The second-order valence-corrected chi connectivity index (χ2v) is 3.29. The standard InChI is InChI=1S/C10H17N5O2.2ClH/c1-17-7-6-12-2-3-15-10(16)8-9(11)14-5-4-13-8;;/h4-5,12H,2-3,6-7H2,1H3,(H2,11,14)(H,15,16);2*1H. The summed E-state index contributed by atoms with van der Waals surface area (Å²) < 4.78 is 4.87. The Morgan fingerprint density at radius 1 is 1.26 bits per heavy atom. The lowest BCUT2D eigenvalue weighted by atomic mass is 10.4. The van der Waals surface area contributed by atoms with E-state index in [2.05, 4.69) is 20.6 Å². The molecule has 9 heteroatoms. The highest BCUT2D eigenvalue weighted by atomic mass is 35.5. The minimum atomic E-state index is -0.316. The smallest absolute Gasteiger partial charge is 0.273 e. The molecule has 110 valence electrons. The molecule has 4 N–H and O–H groups in total. The monoisotopic (exact) mass is 311 g/mol. The number of amides is 1. The molecule has 0 aliphatic heterocycles. The zero-order chi connectivity index (χ0) is 12.5. The fraction of sp³-hybridized carbons (Fsp3) is 0.500. The number of nitrogens with one attached hydrogen (secondary N) is 2. The number of nitrogens with two attached hydrogens (primary N) is 1. The van der Waals surface area contributed by atoms with Crippen LogP contribution in [0.3, 0.4) is 0 Å². The van der Waals surface area contributed by atoms with Crippen molar-refractivity contribution in [1.29, 1.82) is 0 Å². The van der Waals surface area contributed by atoms with E-state index in [9.17, 15) is 4.79 Å². The molecule has 1 aromatic heterocycles. The highest BCUT2D eigenvalue weighted by molar-refractivity contribution is 5.96. The number of aromatic nitrogens is 2. The first-order chi connectivity index (χ1) is 8.25. The maximum atomic E-state index is 11.6. The quantitative estimate of drug-likeness (QED) is 0.606. The van der Waals surface area contributed by atoms with Crippen LogP contribution in [-0.4, -0.2) is 49.2 Å². The Hall–Kier alpha value is -1.15. The number of halogens is 2. The van der Waals surface area contributed by atoms with Crippen molar-refractivity contribution < 1.29 is 9.53 Å². The van der Waals surface area contributed by atoms with Gasteiger partial charge in [-0.05, 0) is 0 Å². The van der Waals surface area contributed by atoms with Gasteiger partial charge in [0.1, 0.15) is 0 Å². The molecule has 19 heavy (non-hydrogen) atoms. The Balaban J connectivity index is 0. The van der Waals surface area contributed by atoms with Crippen molar-refractivity contribution in [3.63, 3.8) is 0 Å². The number of ether oxygens (including phenoxy) is 1. The average molecular weight is 312 g/mol. The number of methoxy groups -OCH3 is 1. The molecule has 1 heterocycles. The lowest BCUT2D eigenvalue weighted by Gasteiger charge is -2.06. The van der Waals surface area contributed by atoms with Gasteiger partial charge in [0.05, 0.1) is 6.61 Å². The summed E-state index contributed by atoms with van der Waals surface area (Å²) in [4.78, 5) is 19.3. The maximum Gasteiger partial charge on any atom is 0.273 e. The molecule has 0 fully saturated rings. The van der Waals surface area contributed by atoms with Crippen LogP contribution in [-0.2, 0) is 4.74 Å². The molecule has 0 saturated heterocycles. The third-order valence-corrected chi connectivity index (χ3v) is 2.01. The number of hydrogen-bond donors (Lipinski definition) is 3. The van der Waals surface area contributed by atoms with Crippen LogP contribution < -0.4 is 16.4 Å². The predicted molar refractivity (Wildman–Crippen MR) is 78.0 cm³/mol. The van der Waals surface area contributed by atoms with E-state index < -0.39 is 0 Å². The molecule has 0 radical (unpaired) electrons. The third-order valence-electron chi connectivity index (χ3n) is 2.01. The molecule has 0 atom stereocenters. The maximum absolute atomic E-state index is 11.6. The normalized spacial score (nSPS) is 9.11. The molecule has 0 spiro atoms. The van der Waals surface area contributed by atoms with Crippen LogP contribution >= 0.6 is 24.8 Å². The summed E-state index contributed by atoms with van der Waals surface area (Å²) in [6.45, 7) is 2.55. The lowest BCUT2D eigenvalue weighted by molar-refractivity contribution is 0.0949. The Morgan fingerprint density at radius 3 is 2.58 bits per heavy atom. The summed E-state index contributed by atoms with van der Waals surface area (Å²) >= 11 is 0. The lowest BCUT2D eigenvalue weighted by Crippen LogP contribution is -2.33. The predicted octanol–water partition coefficient (Wildman–Crippen LogP) is -0.132. The summed E-state index contributed by atoms with van der Waals surface area (Å²) in [5, 5.41) is 5.79. The second-order valence-electron chi connectivity index (χ2n) is 3.29. The molecular formula is C10H19Cl2N5O2. The van der Waals surface area contributed by atoms with Gasteiger partial charge in [-0.1, -0.05) is 0 Å². The van der Waals surface area contributed by atoms with Gasteiger partial charge in [-0.2, -0.15) is 0 Å². The van der Waals surface area contributed by atoms with E-state index in [0.717, 1.165) is 6.54 Å². The molecule has 0 unspecified atom stereocenters. The van der Waals surface area contributed by atoms with Crippen LogP contribution in [0.5, 0.6) is 0 Å². The van der Waals surface area contributed by atoms with Gasteiger partial charge in [-0.3, -0.25) is 4.79 Å². The Bertz CT molecular complexity index is 368. The van der Waals surface area contributed by atoms with Gasteiger partial charge in [-0.15, -0.1) is 24.8 Å². The van der Waals surface area contributed by atoms with Gasteiger partial charge in [-0.25, -0.2) is 9.97 Å². The molecule has 0 aliphatic rings. The van der Waals surface area contributed by atoms with Crippen molar-refractivity contribution in [3.05, 3.63) is 18.1 Å². The van der Waals surface area contributed by atoms with Crippen LogP contribution in [0, 0.1) is 0 Å². The number of anilines is 1. The minimum absolute atomic E-state index is 0. The van der Waals surface area contributed by atoms with Gasteiger partial charge < -0.3 is 21.1 Å². The number of carbonyl (C=O) groups excluding carboxylic acids is 1. The summed E-state index contributed by atoms with van der Waals surface area (Å²) in [5.74, 6) is -0.179. The van der Waals surface area contributed by atoms with E-state index in [1.54, 1.807) is 7.11 Å². The van der Waals surface area contributed by atoms with Crippen molar-refractivity contribution in [2.45, 2.75) is 0 Å². The fourth-order valence-electron chi connectivity index (χ4n) is 1.17. The van der Waals surface area contributed by atoms with Crippen molar-refractivity contribution >= 4 is 36.5 Å². The highest BCUT2D eigenvalue weighted by Crippen LogP contribution is 2.01. The summed E-state index contributed by atoms with van der Waals surface area (Å²) in [6, 6.07) is 0. The van der Waals surface area contributed by atoms with E-state index in [0.29, 0.717) is 19.7 Å². The molecule has 1 aromatic rings. The van der Waals surface area contributed by atoms with Gasteiger partial charge in [0, 0.05) is 39.1 Å². The average Bonchev–Trinajstić information content (AvgIpc) is 2.34. The van der Waals surface area contributed by atoms with Crippen LogP contribution in [0.1, 0.15) is 10.5 Å². The van der Waals surface area contributed by atoms with Crippen LogP contribution in [0.2, 0.25) is 0 Å². The SMILES string of the molecule is COCCNCCNC(=O)c1nccnc1N.Cl.Cl. The number of hydrogen-bond acceptors (Lipinski definition) is 6. The first-order valence-corrected chi connectivity index (χ1v) is 5.30. The minimum Gasteiger partial charge on any atom is -0.383 e. The topological polar surface area (TPSA) is 102 Å². The second kappa shape index (κ2) is 11.9. The van der Waals surface area contributed by atoms with E-state index in [4.69, 9.17) is 10.5 Å². The van der Waals surface area contributed by atoms with Gasteiger partial charge in [0.25, 0.3) is 5.91 Å². The molecule has 0 aromatic carbocycles. The number of carbonyl (C=O) groups is 1. The molecule has 1 amide bonds. The summed E-state index contributed by atoms with van der Waals surface area (Å²) in [7, 11) is 1.64. The molecule has 0 bridgehead atoms. The molecule has 0 saturated carbocycles. The largest absolute Gasteiger partial charge is 0.383 e. The molecule has 0 aliphatic carbocycles. The highest BCUT2D eigenvalue weighted by Gasteiger charge is 2.10. The van der Waals surface area contributed by atoms with E-state index >= 15 is 0 Å². The third kappa shape index (κ3) is 7.78. The van der Waals surface area contributed by atoms with Gasteiger partial charge in [0.2, 0.25) is 0 Å². The van der Waals surface area contributed by atoms with Crippen molar-refractivity contribution in [1.82, 2.24) is 20.6 Å². The van der Waals surface area contributed by atoms with Crippen molar-refractivity contribution in [2.75, 3.05) is 39.1 Å². The van der Waals surface area contributed by atoms with Crippen LogP contribution in [0.15, 0.2) is 12.4 Å².